The van der Waals surface area contributed by atoms with Crippen LogP contribution in [0.1, 0.15) is 31.9 Å². The standard InChI is InChI=1S/C32H25N3O7/c1-31(2,3)42-25(37)16-35-20-12-8-7-11-18(20)32(30(35)39)19(15-33)29(34)41-24-14-23-26(28(38)27(24)32)21(36)13-22(40-23)17-9-5-4-6-10-17/h4-14,38H,16,34H2,1-3H3. The van der Waals surface area contributed by atoms with E-state index in [2.05, 4.69) is 0 Å². The van der Waals surface area contributed by atoms with Crippen LogP contribution in [0.5, 0.6) is 11.5 Å². The van der Waals surface area contributed by atoms with Gasteiger partial charge in [-0.2, -0.15) is 5.26 Å². The second-order valence-electron chi connectivity index (χ2n) is 11.0. The van der Waals surface area contributed by atoms with Gasteiger partial charge in [-0.25, -0.2) is 0 Å². The summed E-state index contributed by atoms with van der Waals surface area (Å²) < 4.78 is 17.3. The third kappa shape index (κ3) is 3.82. The molecule has 3 aromatic carbocycles. The molecule has 0 aliphatic carbocycles. The van der Waals surface area contributed by atoms with Crippen molar-refractivity contribution in [3.05, 3.63) is 99.5 Å². The van der Waals surface area contributed by atoms with Gasteiger partial charge in [0.25, 0.3) is 0 Å². The molecule has 1 amide bonds. The van der Waals surface area contributed by atoms with Crippen LogP contribution in [-0.4, -0.2) is 29.1 Å². The van der Waals surface area contributed by atoms with Gasteiger partial charge in [-0.15, -0.1) is 0 Å². The van der Waals surface area contributed by atoms with Crippen LogP contribution in [-0.2, 0) is 19.7 Å². The Balaban J connectivity index is 1.63. The van der Waals surface area contributed by atoms with E-state index in [0.29, 0.717) is 11.3 Å². The molecule has 10 heteroatoms. The van der Waals surface area contributed by atoms with E-state index in [-0.39, 0.29) is 45.1 Å². The molecule has 0 fully saturated rings. The monoisotopic (exact) mass is 563 g/mol. The average Bonchev–Trinajstić information content (AvgIpc) is 3.15. The van der Waals surface area contributed by atoms with Crippen molar-refractivity contribution in [1.29, 1.82) is 5.26 Å². The summed E-state index contributed by atoms with van der Waals surface area (Å²) in [5, 5.41) is 21.9. The van der Waals surface area contributed by atoms with Crippen molar-refractivity contribution in [3.63, 3.8) is 0 Å². The summed E-state index contributed by atoms with van der Waals surface area (Å²) in [6.07, 6.45) is 0. The highest BCUT2D eigenvalue weighted by atomic mass is 16.6. The SMILES string of the molecule is CC(C)(C)OC(=O)CN1C(=O)C2(C(C#N)=C(N)Oc3cc4oc(-c5ccccc5)cc(=O)c4c(O)c32)c2ccccc21. The quantitative estimate of drug-likeness (QED) is 0.348. The second kappa shape index (κ2) is 9.24. The Kier molecular flexibility index (Phi) is 5.86. The third-order valence-electron chi connectivity index (χ3n) is 7.22. The first-order valence-corrected chi connectivity index (χ1v) is 13.1. The van der Waals surface area contributed by atoms with Crippen LogP contribution in [0.4, 0.5) is 5.69 Å². The predicted octanol–water partition coefficient (Wildman–Crippen LogP) is 4.23. The second-order valence-corrected chi connectivity index (χ2v) is 11.0. The summed E-state index contributed by atoms with van der Waals surface area (Å²) in [4.78, 5) is 42.1. The molecule has 1 atom stereocenters. The van der Waals surface area contributed by atoms with Gasteiger partial charge in [0.05, 0.1) is 5.56 Å². The molecule has 3 heterocycles. The number of benzene rings is 3. The lowest BCUT2D eigenvalue weighted by Gasteiger charge is -2.35. The van der Waals surface area contributed by atoms with Gasteiger partial charge in [-0.05, 0) is 26.8 Å². The molecule has 4 aromatic rings. The van der Waals surface area contributed by atoms with Gasteiger partial charge >= 0.3 is 5.97 Å². The van der Waals surface area contributed by atoms with Crippen molar-refractivity contribution in [2.75, 3.05) is 11.4 Å². The third-order valence-corrected chi connectivity index (χ3v) is 7.22. The van der Waals surface area contributed by atoms with E-state index in [1.165, 1.54) is 17.0 Å². The van der Waals surface area contributed by atoms with Crippen molar-refractivity contribution in [1.82, 2.24) is 0 Å². The fourth-order valence-electron chi connectivity index (χ4n) is 5.68. The maximum atomic E-state index is 14.5. The van der Waals surface area contributed by atoms with Crippen LogP contribution in [0.25, 0.3) is 22.3 Å². The minimum Gasteiger partial charge on any atom is -0.507 e. The van der Waals surface area contributed by atoms with Crippen LogP contribution in [0.3, 0.4) is 0 Å². The molecule has 1 unspecified atom stereocenters. The van der Waals surface area contributed by atoms with Crippen molar-refractivity contribution in [2.45, 2.75) is 31.8 Å². The first-order valence-electron chi connectivity index (χ1n) is 13.1. The predicted molar refractivity (Wildman–Crippen MR) is 152 cm³/mol. The Labute approximate surface area is 239 Å². The molecule has 1 aromatic heterocycles. The number of hydrogen-bond donors (Lipinski definition) is 2. The zero-order chi connectivity index (χ0) is 30.0. The van der Waals surface area contributed by atoms with E-state index in [0.717, 1.165) is 0 Å². The van der Waals surface area contributed by atoms with Gasteiger partial charge in [0.15, 0.2) is 5.43 Å². The van der Waals surface area contributed by atoms with Gasteiger partial charge < -0.3 is 24.7 Å². The zero-order valence-corrected chi connectivity index (χ0v) is 22.9. The number of nitrogens with two attached hydrogens (primary N) is 1. The summed E-state index contributed by atoms with van der Waals surface area (Å²) in [6.45, 7) is 4.64. The average molecular weight is 564 g/mol. The number of carbonyl (C=O) groups excluding carboxylic acids is 2. The molecule has 0 saturated carbocycles. The highest BCUT2D eigenvalue weighted by Gasteiger charge is 2.61. The maximum absolute atomic E-state index is 14.5. The van der Waals surface area contributed by atoms with Gasteiger partial charge in [0.1, 0.15) is 57.4 Å². The lowest BCUT2D eigenvalue weighted by molar-refractivity contribution is -0.153. The highest BCUT2D eigenvalue weighted by Crippen LogP contribution is 2.58. The minimum atomic E-state index is -2.02. The topological polar surface area (TPSA) is 156 Å². The summed E-state index contributed by atoms with van der Waals surface area (Å²) in [5.74, 6) is -2.20. The Morgan fingerprint density at radius 1 is 1.10 bits per heavy atom. The Bertz CT molecular complexity index is 1950. The number of hydrogen-bond acceptors (Lipinski definition) is 9. The zero-order valence-electron chi connectivity index (χ0n) is 22.9. The first-order chi connectivity index (χ1) is 20.0. The molecular formula is C32H25N3O7. The smallest absolute Gasteiger partial charge is 0.326 e. The molecule has 2 aliphatic heterocycles. The number of esters is 1. The molecule has 0 radical (unpaired) electrons. The fraction of sp³-hybridized carbons (Fsp3) is 0.188. The summed E-state index contributed by atoms with van der Waals surface area (Å²) in [6, 6.07) is 20.1. The number of phenolic OH excluding ortho intramolecular Hbond substituents is 1. The Morgan fingerprint density at radius 3 is 2.48 bits per heavy atom. The van der Waals surface area contributed by atoms with Crippen LogP contribution in [0.2, 0.25) is 0 Å². The van der Waals surface area contributed by atoms with Gasteiger partial charge in [0.2, 0.25) is 11.8 Å². The highest BCUT2D eigenvalue weighted by molar-refractivity contribution is 6.16. The van der Waals surface area contributed by atoms with E-state index >= 15 is 0 Å². The number of phenols is 1. The largest absolute Gasteiger partial charge is 0.507 e. The molecule has 1 spiro atoms. The lowest BCUT2D eigenvalue weighted by Crippen LogP contribution is -2.47. The van der Waals surface area contributed by atoms with Crippen LogP contribution in [0.15, 0.2) is 87.4 Å². The normalized spacial score (nSPS) is 17.6. The number of ether oxygens (including phenoxy) is 2. The van der Waals surface area contributed by atoms with Gasteiger partial charge in [-0.1, -0.05) is 48.5 Å². The Morgan fingerprint density at radius 2 is 1.79 bits per heavy atom. The van der Waals surface area contributed by atoms with E-state index in [1.807, 2.05) is 12.1 Å². The van der Waals surface area contributed by atoms with Crippen molar-refractivity contribution in [3.8, 4) is 28.9 Å². The van der Waals surface area contributed by atoms with E-state index in [9.17, 15) is 24.8 Å². The molecule has 0 saturated heterocycles. The number of rotatable bonds is 3. The fourth-order valence-corrected chi connectivity index (χ4v) is 5.68. The van der Waals surface area contributed by atoms with Crippen LogP contribution < -0.4 is 20.8 Å². The van der Waals surface area contributed by atoms with Crippen LogP contribution in [0, 0.1) is 11.3 Å². The van der Waals surface area contributed by atoms with Crippen LogP contribution >= 0.6 is 0 Å². The number of amides is 1. The number of aromatic hydroxyl groups is 1. The number of anilines is 1. The summed E-state index contributed by atoms with van der Waals surface area (Å²) in [7, 11) is 0. The molecule has 42 heavy (non-hydrogen) atoms. The lowest BCUT2D eigenvalue weighted by atomic mass is 9.68. The van der Waals surface area contributed by atoms with Crippen molar-refractivity contribution < 1.29 is 28.6 Å². The summed E-state index contributed by atoms with van der Waals surface area (Å²) >= 11 is 0. The number of nitriles is 1. The first kappa shape index (κ1) is 26.7. The van der Waals surface area contributed by atoms with Crippen molar-refractivity contribution in [2.24, 2.45) is 5.73 Å². The molecule has 6 rings (SSSR count). The molecule has 3 N–H and O–H groups in total. The molecule has 2 aliphatic rings. The van der Waals surface area contributed by atoms with E-state index in [1.54, 1.807) is 69.3 Å². The molecule has 10 nitrogen and oxygen atoms in total. The summed E-state index contributed by atoms with van der Waals surface area (Å²) in [5.41, 5.74) is 3.62. The van der Waals surface area contributed by atoms with Gasteiger partial charge in [-0.3, -0.25) is 19.3 Å². The number of fused-ring (bicyclic) bond motifs is 5. The van der Waals surface area contributed by atoms with E-state index < -0.39 is 40.6 Å². The number of nitrogens with zero attached hydrogens (tertiary/aromatic N) is 2. The number of para-hydroxylation sites is 1. The Hall–Kier alpha value is -5.56. The molecular weight excluding hydrogens is 538 g/mol. The number of carbonyl (C=O) groups is 2. The maximum Gasteiger partial charge on any atom is 0.326 e. The molecule has 0 bridgehead atoms. The minimum absolute atomic E-state index is 0.00898. The van der Waals surface area contributed by atoms with Gasteiger partial charge in [0, 0.05) is 28.9 Å². The van der Waals surface area contributed by atoms with E-state index in [4.69, 9.17) is 19.6 Å². The van der Waals surface area contributed by atoms with Crippen molar-refractivity contribution >= 4 is 28.5 Å². The molecule has 210 valence electrons.